The van der Waals surface area contributed by atoms with Crippen molar-refractivity contribution in [3.05, 3.63) is 48.6 Å². The van der Waals surface area contributed by atoms with E-state index < -0.39 is 32.5 Å². The minimum Gasteiger partial charge on any atom is -0.462 e. The van der Waals surface area contributed by atoms with Gasteiger partial charge in [0.05, 0.1) is 13.2 Å². The van der Waals surface area contributed by atoms with Gasteiger partial charge in [0.25, 0.3) is 0 Å². The molecule has 0 saturated heterocycles. The van der Waals surface area contributed by atoms with Crippen molar-refractivity contribution in [1.29, 1.82) is 0 Å². The fourth-order valence-electron chi connectivity index (χ4n) is 7.97. The van der Waals surface area contributed by atoms with Crippen LogP contribution in [0.15, 0.2) is 48.6 Å². The zero-order valence-corrected chi connectivity index (χ0v) is 44.5. The number of rotatable bonds is 53. The van der Waals surface area contributed by atoms with Crippen LogP contribution in [-0.4, -0.2) is 49.3 Å². The van der Waals surface area contributed by atoms with E-state index in [2.05, 4.69) is 62.5 Å². The molecule has 0 rings (SSSR count). The van der Waals surface area contributed by atoms with E-state index in [-0.39, 0.29) is 32.6 Å². The maximum Gasteiger partial charge on any atom is 0.472 e. The Balaban J connectivity index is 4.09. The van der Waals surface area contributed by atoms with Gasteiger partial charge in [-0.2, -0.15) is 0 Å². The summed E-state index contributed by atoms with van der Waals surface area (Å²) in [5, 5.41) is 0. The molecule has 67 heavy (non-hydrogen) atoms. The molecule has 3 N–H and O–H groups in total. The highest BCUT2D eigenvalue weighted by atomic mass is 31.2. The van der Waals surface area contributed by atoms with Gasteiger partial charge in [0.1, 0.15) is 6.61 Å². The van der Waals surface area contributed by atoms with Crippen molar-refractivity contribution >= 4 is 19.8 Å². The van der Waals surface area contributed by atoms with Crippen LogP contribution in [0.25, 0.3) is 0 Å². The first kappa shape index (κ1) is 65.0. The second kappa shape index (κ2) is 53.3. The van der Waals surface area contributed by atoms with Crippen molar-refractivity contribution in [1.82, 2.24) is 0 Å². The Labute approximate surface area is 413 Å². The number of phosphoric acid groups is 1. The van der Waals surface area contributed by atoms with Crippen molar-refractivity contribution in [3.8, 4) is 0 Å². The lowest BCUT2D eigenvalue weighted by atomic mass is 10.0. The van der Waals surface area contributed by atoms with E-state index in [1.165, 1.54) is 180 Å². The van der Waals surface area contributed by atoms with E-state index in [1.807, 2.05) is 0 Å². The van der Waals surface area contributed by atoms with Crippen molar-refractivity contribution in [2.24, 2.45) is 5.73 Å². The number of nitrogens with two attached hydrogens (primary N) is 1. The van der Waals surface area contributed by atoms with Crippen LogP contribution in [0.1, 0.15) is 271 Å². The van der Waals surface area contributed by atoms with E-state index >= 15 is 0 Å². The summed E-state index contributed by atoms with van der Waals surface area (Å²) in [6, 6.07) is 0. The summed E-state index contributed by atoms with van der Waals surface area (Å²) in [6.45, 7) is 3.70. The van der Waals surface area contributed by atoms with Crippen LogP contribution in [0.2, 0.25) is 0 Å². The lowest BCUT2D eigenvalue weighted by molar-refractivity contribution is -0.161. The molecule has 0 radical (unpaired) electrons. The van der Waals surface area contributed by atoms with Gasteiger partial charge in [0.2, 0.25) is 0 Å². The average molecular weight is 964 g/mol. The molecule has 0 fully saturated rings. The Morgan fingerprint density at radius 1 is 0.433 bits per heavy atom. The molecule has 0 bridgehead atoms. The van der Waals surface area contributed by atoms with Crippen molar-refractivity contribution in [3.63, 3.8) is 0 Å². The van der Waals surface area contributed by atoms with Crippen LogP contribution in [0.3, 0.4) is 0 Å². The average Bonchev–Trinajstić information content (AvgIpc) is 3.32. The van der Waals surface area contributed by atoms with Crippen LogP contribution in [0.5, 0.6) is 0 Å². The molecule has 0 aliphatic carbocycles. The van der Waals surface area contributed by atoms with Crippen LogP contribution in [-0.2, 0) is 32.7 Å². The highest BCUT2D eigenvalue weighted by molar-refractivity contribution is 7.47. The van der Waals surface area contributed by atoms with Gasteiger partial charge in [0.15, 0.2) is 6.10 Å². The Hall–Kier alpha value is -2.03. The van der Waals surface area contributed by atoms with Crippen LogP contribution < -0.4 is 5.73 Å². The number of ether oxygens (including phenoxy) is 2. The first-order valence-electron chi connectivity index (χ1n) is 28.1. The lowest BCUT2D eigenvalue weighted by Crippen LogP contribution is -2.29. The molecule has 2 atom stereocenters. The molecule has 0 saturated carbocycles. The number of carbonyl (C=O) groups excluding carboxylic acids is 2. The van der Waals surface area contributed by atoms with E-state index in [0.717, 1.165) is 51.4 Å². The molecule has 10 heteroatoms. The fraction of sp³-hybridized carbons (Fsp3) is 0.825. The number of hydrogen-bond acceptors (Lipinski definition) is 8. The van der Waals surface area contributed by atoms with E-state index in [4.69, 9.17) is 24.3 Å². The summed E-state index contributed by atoms with van der Waals surface area (Å²) < 4.78 is 32.9. The van der Waals surface area contributed by atoms with E-state index in [1.54, 1.807) is 0 Å². The molecule has 0 aliphatic heterocycles. The van der Waals surface area contributed by atoms with Gasteiger partial charge in [-0.1, -0.05) is 229 Å². The Bertz CT molecular complexity index is 1240. The first-order valence-corrected chi connectivity index (χ1v) is 29.6. The normalized spacial score (nSPS) is 13.4. The highest BCUT2D eigenvalue weighted by Crippen LogP contribution is 2.43. The second-order valence-electron chi connectivity index (χ2n) is 18.8. The minimum absolute atomic E-state index is 0.0421. The third-order valence-corrected chi connectivity index (χ3v) is 13.1. The first-order chi connectivity index (χ1) is 32.8. The largest absolute Gasteiger partial charge is 0.472 e. The number of allylic oxidation sites excluding steroid dienone is 8. The van der Waals surface area contributed by atoms with Gasteiger partial charge < -0.3 is 20.1 Å². The Kier molecular flexibility index (Phi) is 51.7. The maximum atomic E-state index is 12.7. The molecule has 0 amide bonds. The summed E-state index contributed by atoms with van der Waals surface area (Å²) in [6.07, 6.45) is 64.8. The van der Waals surface area contributed by atoms with Crippen molar-refractivity contribution < 1.29 is 37.6 Å². The molecule has 1 unspecified atom stereocenters. The molecule has 0 spiro atoms. The molecule has 392 valence electrons. The highest BCUT2D eigenvalue weighted by Gasteiger charge is 2.26. The summed E-state index contributed by atoms with van der Waals surface area (Å²) in [4.78, 5) is 35.1. The Morgan fingerprint density at radius 3 is 1.10 bits per heavy atom. The van der Waals surface area contributed by atoms with Crippen LogP contribution in [0, 0.1) is 0 Å². The maximum absolute atomic E-state index is 12.7. The third-order valence-electron chi connectivity index (χ3n) is 12.1. The number of hydrogen-bond donors (Lipinski definition) is 2. The third kappa shape index (κ3) is 53.2. The standard InChI is InChI=1S/C57H106NO8P/c1-3-5-7-9-11-13-15-17-19-21-23-25-27-29-31-33-35-37-39-41-43-45-47-49-56(59)63-53-55(54-65-67(61,62)64-52-51-58)66-57(60)50-48-46-44-42-40-38-36-34-32-30-28-26-24-22-20-18-16-14-12-10-8-6-4-2/h33-36,41-44,55H,3-32,37-40,45-54,58H2,1-2H3,(H,61,62)/b35-33-,36-34-,43-41+,44-42+/t55-/m1/s1. The summed E-state index contributed by atoms with van der Waals surface area (Å²) in [5.74, 6) is -0.919. The zero-order chi connectivity index (χ0) is 48.8. The predicted octanol–water partition coefficient (Wildman–Crippen LogP) is 17.4. The molecule has 9 nitrogen and oxygen atoms in total. The summed E-state index contributed by atoms with van der Waals surface area (Å²) >= 11 is 0. The van der Waals surface area contributed by atoms with Gasteiger partial charge in [0, 0.05) is 19.4 Å². The Morgan fingerprint density at radius 2 is 0.746 bits per heavy atom. The van der Waals surface area contributed by atoms with Gasteiger partial charge in [-0.15, -0.1) is 0 Å². The number of unbranched alkanes of at least 4 members (excludes halogenated alkanes) is 32. The molecule has 0 aliphatic rings. The molecule has 0 aromatic carbocycles. The quantitative estimate of drug-likeness (QED) is 0.0264. The molecule has 0 aromatic heterocycles. The molecular formula is C57H106NO8P. The van der Waals surface area contributed by atoms with E-state index in [0.29, 0.717) is 12.8 Å². The monoisotopic (exact) mass is 964 g/mol. The predicted molar refractivity (Wildman–Crippen MR) is 284 cm³/mol. The van der Waals surface area contributed by atoms with E-state index in [9.17, 15) is 19.0 Å². The van der Waals surface area contributed by atoms with Crippen LogP contribution in [0.4, 0.5) is 0 Å². The topological polar surface area (TPSA) is 134 Å². The molecular weight excluding hydrogens is 858 g/mol. The van der Waals surface area contributed by atoms with Gasteiger partial charge in [-0.05, 0) is 77.0 Å². The minimum atomic E-state index is -4.40. The van der Waals surface area contributed by atoms with Gasteiger partial charge in [-0.3, -0.25) is 18.6 Å². The van der Waals surface area contributed by atoms with Crippen molar-refractivity contribution in [2.45, 2.75) is 277 Å². The smallest absolute Gasteiger partial charge is 0.462 e. The van der Waals surface area contributed by atoms with Gasteiger partial charge >= 0.3 is 19.8 Å². The zero-order valence-electron chi connectivity index (χ0n) is 43.6. The van der Waals surface area contributed by atoms with Crippen molar-refractivity contribution in [2.75, 3.05) is 26.4 Å². The lowest BCUT2D eigenvalue weighted by Gasteiger charge is -2.19. The van der Waals surface area contributed by atoms with Gasteiger partial charge in [-0.25, -0.2) is 4.57 Å². The summed E-state index contributed by atoms with van der Waals surface area (Å²) in [5.41, 5.74) is 5.37. The number of phosphoric ester groups is 1. The van der Waals surface area contributed by atoms with Crippen LogP contribution >= 0.6 is 7.82 Å². The number of carbonyl (C=O) groups is 2. The number of esters is 2. The summed E-state index contributed by atoms with van der Waals surface area (Å²) in [7, 11) is -4.40. The molecule has 0 heterocycles. The SMILES string of the molecule is CCCCCCCCCCCCCCCC/C=C\CC/C=C/CCCC(=O)OC[C@H](COP(=O)(O)OCCN)OC(=O)CCC/C=C/CC/C=C\CCCCCCCCCCCCCCCC. The fourth-order valence-corrected chi connectivity index (χ4v) is 8.74. The molecule has 0 aromatic rings. The second-order valence-corrected chi connectivity index (χ2v) is 20.2.